The number of amides is 1. The van der Waals surface area contributed by atoms with Gasteiger partial charge >= 0.3 is 5.97 Å². The molecule has 4 aromatic rings. The average Bonchev–Trinajstić information content (AvgIpc) is 3.46. The van der Waals surface area contributed by atoms with Gasteiger partial charge in [0.1, 0.15) is 17.5 Å². The molecule has 0 aliphatic rings. The van der Waals surface area contributed by atoms with E-state index >= 15 is 0 Å². The molecule has 4 rings (SSSR count). The molecule has 2 aromatic heterocycles. The summed E-state index contributed by atoms with van der Waals surface area (Å²) in [5, 5.41) is 8.14. The Hall–Kier alpha value is -3.99. The lowest BCUT2D eigenvalue weighted by Gasteiger charge is -2.13. The Balaban J connectivity index is 1.55. The molecule has 0 bridgehead atoms. The monoisotopic (exact) mass is 472 g/mol. The van der Waals surface area contributed by atoms with E-state index in [0.717, 1.165) is 18.2 Å². The maximum Gasteiger partial charge on any atom is 0.379 e. The van der Waals surface area contributed by atoms with Crippen molar-refractivity contribution in [2.24, 2.45) is 0 Å². The number of anilines is 1. The number of rotatable bonds is 6. The van der Waals surface area contributed by atoms with Crippen LogP contribution in [0.2, 0.25) is 0 Å². The van der Waals surface area contributed by atoms with E-state index in [2.05, 4.69) is 15.4 Å². The van der Waals surface area contributed by atoms with Crippen LogP contribution in [0.1, 0.15) is 17.5 Å². The second kappa shape index (κ2) is 9.25. The van der Waals surface area contributed by atoms with Gasteiger partial charge in [-0.2, -0.15) is 4.98 Å². The third kappa shape index (κ3) is 4.93. The van der Waals surface area contributed by atoms with Crippen LogP contribution >= 0.6 is 11.3 Å². The molecule has 0 aliphatic heterocycles. The van der Waals surface area contributed by atoms with Gasteiger partial charge in [0.05, 0.1) is 16.3 Å². The van der Waals surface area contributed by atoms with E-state index in [9.17, 15) is 22.8 Å². The normalized spacial score (nSPS) is 11.8. The van der Waals surface area contributed by atoms with E-state index in [1.54, 1.807) is 12.1 Å². The van der Waals surface area contributed by atoms with Gasteiger partial charge in [0.2, 0.25) is 0 Å². The highest BCUT2D eigenvalue weighted by molar-refractivity contribution is 7.13. The van der Waals surface area contributed by atoms with E-state index < -0.39 is 35.4 Å². The van der Waals surface area contributed by atoms with E-state index in [1.807, 2.05) is 5.38 Å². The van der Waals surface area contributed by atoms with Crippen LogP contribution < -0.4 is 5.32 Å². The van der Waals surface area contributed by atoms with Crippen molar-refractivity contribution in [1.29, 1.82) is 0 Å². The molecular weight excluding hydrogens is 457 g/mol. The lowest BCUT2D eigenvalue weighted by Crippen LogP contribution is -2.30. The molecule has 7 nitrogen and oxygen atoms in total. The summed E-state index contributed by atoms with van der Waals surface area (Å²) in [7, 11) is 0. The molecule has 2 heterocycles. The number of ether oxygens (including phenoxy) is 1. The molecule has 1 N–H and O–H groups in total. The van der Waals surface area contributed by atoms with E-state index in [0.29, 0.717) is 16.4 Å². The van der Waals surface area contributed by atoms with Crippen LogP contribution in [0.15, 0.2) is 60.0 Å². The zero-order valence-electron chi connectivity index (χ0n) is 17.0. The van der Waals surface area contributed by atoms with Crippen molar-refractivity contribution in [1.82, 2.24) is 14.8 Å². The van der Waals surface area contributed by atoms with Gasteiger partial charge in [-0.15, -0.1) is 16.4 Å². The van der Waals surface area contributed by atoms with Crippen LogP contribution in [0.4, 0.5) is 18.9 Å². The van der Waals surface area contributed by atoms with Crippen molar-refractivity contribution < 1.29 is 27.5 Å². The number of nitrogens with zero attached hydrogens (tertiary/aromatic N) is 3. The fourth-order valence-corrected chi connectivity index (χ4v) is 3.52. The number of benzene rings is 2. The van der Waals surface area contributed by atoms with Crippen LogP contribution in [0.5, 0.6) is 0 Å². The van der Waals surface area contributed by atoms with Gasteiger partial charge in [-0.1, -0.05) is 6.07 Å². The molecule has 1 amide bonds. The minimum absolute atomic E-state index is 0.322. The highest BCUT2D eigenvalue weighted by Gasteiger charge is 2.25. The van der Waals surface area contributed by atoms with Crippen LogP contribution in [-0.4, -0.2) is 32.7 Å². The molecule has 0 radical (unpaired) electrons. The largest absolute Gasteiger partial charge is 0.447 e. The van der Waals surface area contributed by atoms with Gasteiger partial charge in [-0.05, 0) is 54.8 Å². The first-order valence-electron chi connectivity index (χ1n) is 9.55. The number of esters is 1. The van der Waals surface area contributed by atoms with E-state index in [4.69, 9.17) is 4.74 Å². The van der Waals surface area contributed by atoms with Crippen molar-refractivity contribution in [3.63, 3.8) is 0 Å². The molecule has 0 saturated carbocycles. The summed E-state index contributed by atoms with van der Waals surface area (Å²) < 4.78 is 46.9. The lowest BCUT2D eigenvalue weighted by molar-refractivity contribution is -0.123. The summed E-state index contributed by atoms with van der Waals surface area (Å²) in [4.78, 5) is 29.8. The summed E-state index contributed by atoms with van der Waals surface area (Å²) in [6, 6.07) is 11.6. The van der Waals surface area contributed by atoms with Crippen molar-refractivity contribution in [3.8, 4) is 16.4 Å². The molecule has 0 saturated heterocycles. The second-order valence-electron chi connectivity index (χ2n) is 6.79. The topological polar surface area (TPSA) is 86.1 Å². The van der Waals surface area contributed by atoms with Crippen molar-refractivity contribution in [2.75, 3.05) is 5.32 Å². The molecule has 0 spiro atoms. The van der Waals surface area contributed by atoms with Crippen LogP contribution in [0.25, 0.3) is 16.4 Å². The van der Waals surface area contributed by atoms with Gasteiger partial charge in [-0.3, -0.25) is 4.79 Å². The number of hydrogen-bond acceptors (Lipinski definition) is 6. The third-order valence-electron chi connectivity index (χ3n) is 4.44. The van der Waals surface area contributed by atoms with E-state index in [1.165, 1.54) is 47.2 Å². The van der Waals surface area contributed by atoms with Crippen LogP contribution in [0, 0.1) is 17.5 Å². The number of aromatic nitrogens is 3. The second-order valence-corrected chi connectivity index (χ2v) is 7.73. The van der Waals surface area contributed by atoms with Gasteiger partial charge in [0.15, 0.2) is 11.9 Å². The smallest absolute Gasteiger partial charge is 0.379 e. The van der Waals surface area contributed by atoms with Gasteiger partial charge in [0, 0.05) is 6.07 Å². The van der Waals surface area contributed by atoms with Gasteiger partial charge in [0.25, 0.3) is 11.7 Å². The first kappa shape index (κ1) is 22.2. The predicted molar refractivity (Wildman–Crippen MR) is 114 cm³/mol. The first-order valence-corrected chi connectivity index (χ1v) is 10.4. The molecule has 1 atom stereocenters. The molecule has 168 valence electrons. The maximum atomic E-state index is 13.8. The Morgan fingerprint density at radius 2 is 1.79 bits per heavy atom. The van der Waals surface area contributed by atoms with Crippen LogP contribution in [0.3, 0.4) is 0 Å². The number of nitrogens with one attached hydrogen (secondary N) is 1. The zero-order chi connectivity index (χ0) is 23.5. The molecular formula is C22H15F3N4O3S. The molecule has 11 heteroatoms. The Morgan fingerprint density at radius 1 is 1.06 bits per heavy atom. The predicted octanol–water partition coefficient (Wildman–Crippen LogP) is 4.60. The Morgan fingerprint density at radius 3 is 2.48 bits per heavy atom. The standard InChI is InChI=1S/C22H15F3N4O3S/c1-12(21(30)26-17-11-14(24)6-9-16(17)25)32-22(31)19-27-20(18-3-2-10-33-18)29(28-19)15-7-4-13(23)5-8-15/h2-12H,1H3,(H,26,30). The Bertz CT molecular complexity index is 1310. The number of thiophene rings is 1. The molecule has 33 heavy (non-hydrogen) atoms. The number of hydrogen-bond donors (Lipinski definition) is 1. The number of carbonyl (C=O) groups excluding carboxylic acids is 2. The van der Waals surface area contributed by atoms with Crippen molar-refractivity contribution in [2.45, 2.75) is 13.0 Å². The van der Waals surface area contributed by atoms with Crippen molar-refractivity contribution >= 4 is 28.9 Å². The maximum absolute atomic E-state index is 13.8. The van der Waals surface area contributed by atoms with Gasteiger partial charge < -0.3 is 10.1 Å². The molecule has 1 unspecified atom stereocenters. The fourth-order valence-electron chi connectivity index (χ4n) is 2.82. The fraction of sp³-hybridized carbons (Fsp3) is 0.0909. The minimum Gasteiger partial charge on any atom is -0.447 e. The lowest BCUT2D eigenvalue weighted by atomic mass is 10.2. The summed E-state index contributed by atoms with van der Waals surface area (Å²) in [5.41, 5.74) is 0.0697. The SMILES string of the molecule is CC(OC(=O)c1nc(-c2cccs2)n(-c2ccc(F)cc2)n1)C(=O)Nc1cc(F)ccc1F. The summed E-state index contributed by atoms with van der Waals surface area (Å²) >= 11 is 1.36. The third-order valence-corrected chi connectivity index (χ3v) is 5.31. The number of halogens is 3. The van der Waals surface area contributed by atoms with Gasteiger partial charge in [-0.25, -0.2) is 22.6 Å². The van der Waals surface area contributed by atoms with Crippen LogP contribution in [-0.2, 0) is 9.53 Å². The Kier molecular flexibility index (Phi) is 6.22. The minimum atomic E-state index is -1.36. The molecule has 0 aliphatic carbocycles. The highest BCUT2D eigenvalue weighted by atomic mass is 32.1. The highest BCUT2D eigenvalue weighted by Crippen LogP contribution is 2.26. The first-order chi connectivity index (χ1) is 15.8. The number of carbonyl (C=O) groups is 2. The molecule has 2 aromatic carbocycles. The van der Waals surface area contributed by atoms with E-state index in [-0.39, 0.29) is 11.5 Å². The molecule has 0 fully saturated rings. The zero-order valence-corrected chi connectivity index (χ0v) is 17.8. The Labute approximate surface area is 189 Å². The summed E-state index contributed by atoms with van der Waals surface area (Å²) in [6.45, 7) is 1.27. The summed E-state index contributed by atoms with van der Waals surface area (Å²) in [6.07, 6.45) is -1.36. The van der Waals surface area contributed by atoms with Crippen molar-refractivity contribution in [3.05, 3.63) is 83.3 Å². The summed E-state index contributed by atoms with van der Waals surface area (Å²) in [5.74, 6) is -3.91. The average molecular weight is 472 g/mol. The quantitative estimate of drug-likeness (QED) is 0.415.